The molecule has 1 fully saturated rings. The second kappa shape index (κ2) is 6.12. The molecule has 0 spiro atoms. The third-order valence-corrected chi connectivity index (χ3v) is 3.42. The minimum absolute atomic E-state index is 0.232. The van der Waals surface area contributed by atoms with Crippen LogP contribution in [-0.2, 0) is 11.2 Å². The molecule has 0 aliphatic heterocycles. The van der Waals surface area contributed by atoms with Crippen molar-refractivity contribution in [1.82, 2.24) is 4.98 Å². The quantitative estimate of drug-likeness (QED) is 0.822. The molecule has 1 atom stereocenters. The summed E-state index contributed by atoms with van der Waals surface area (Å²) in [6, 6.07) is 3.93. The van der Waals surface area contributed by atoms with Crippen LogP contribution in [0.15, 0.2) is 24.5 Å². The van der Waals surface area contributed by atoms with Crippen molar-refractivity contribution in [2.45, 2.75) is 44.8 Å². The van der Waals surface area contributed by atoms with Gasteiger partial charge in [0, 0.05) is 19.0 Å². The summed E-state index contributed by atoms with van der Waals surface area (Å²) < 4.78 is 5.52. The third-order valence-electron chi connectivity index (χ3n) is 3.42. The predicted octanol–water partition coefficient (Wildman–Crippen LogP) is 2.19. The van der Waals surface area contributed by atoms with Crippen molar-refractivity contribution in [3.8, 4) is 0 Å². The first-order valence-corrected chi connectivity index (χ1v) is 6.46. The lowest BCUT2D eigenvalue weighted by Crippen LogP contribution is -2.34. The molecule has 1 aromatic rings. The van der Waals surface area contributed by atoms with Gasteiger partial charge >= 0.3 is 0 Å². The van der Waals surface area contributed by atoms with Gasteiger partial charge in [-0.25, -0.2) is 0 Å². The smallest absolute Gasteiger partial charge is 0.0583 e. The molecule has 94 valence electrons. The van der Waals surface area contributed by atoms with Gasteiger partial charge < -0.3 is 9.84 Å². The molecule has 0 amide bonds. The van der Waals surface area contributed by atoms with Crippen molar-refractivity contribution in [2.75, 3.05) is 6.61 Å². The topological polar surface area (TPSA) is 42.4 Å². The fourth-order valence-electron chi connectivity index (χ4n) is 2.50. The van der Waals surface area contributed by atoms with E-state index >= 15 is 0 Å². The van der Waals surface area contributed by atoms with Crippen LogP contribution in [0, 0.1) is 5.92 Å². The van der Waals surface area contributed by atoms with Crippen LogP contribution in [0.4, 0.5) is 0 Å². The van der Waals surface area contributed by atoms with Gasteiger partial charge in [0.05, 0.1) is 12.2 Å². The predicted molar refractivity (Wildman–Crippen MR) is 66.7 cm³/mol. The second-order valence-corrected chi connectivity index (χ2v) is 4.86. The van der Waals surface area contributed by atoms with Crippen molar-refractivity contribution < 1.29 is 9.84 Å². The molecule has 1 saturated carbocycles. The molecule has 1 aliphatic carbocycles. The SMILES string of the molecule is CCOC1CC(CC(O)Cc2ccncc2)C1. The summed E-state index contributed by atoms with van der Waals surface area (Å²) in [7, 11) is 0. The lowest BCUT2D eigenvalue weighted by molar-refractivity contribution is -0.0375. The molecule has 1 aliphatic rings. The normalized spacial score (nSPS) is 25.3. The van der Waals surface area contributed by atoms with E-state index in [0.717, 1.165) is 37.9 Å². The Labute approximate surface area is 103 Å². The fourth-order valence-corrected chi connectivity index (χ4v) is 2.50. The standard InChI is InChI=1S/C14H21NO2/c1-2-17-14-9-12(10-14)8-13(16)7-11-3-5-15-6-4-11/h3-6,12-14,16H,2,7-10H2,1H3. The van der Waals surface area contributed by atoms with E-state index in [4.69, 9.17) is 4.74 Å². The molecule has 3 nitrogen and oxygen atoms in total. The van der Waals surface area contributed by atoms with Crippen LogP contribution in [0.3, 0.4) is 0 Å². The number of hydrogen-bond acceptors (Lipinski definition) is 3. The Morgan fingerprint density at radius 2 is 2.12 bits per heavy atom. The molecular weight excluding hydrogens is 214 g/mol. The Bertz CT molecular complexity index is 322. The maximum absolute atomic E-state index is 9.99. The molecule has 1 N–H and O–H groups in total. The Balaban J connectivity index is 1.67. The Hall–Kier alpha value is -0.930. The van der Waals surface area contributed by atoms with Gasteiger partial charge in [-0.1, -0.05) is 0 Å². The molecule has 17 heavy (non-hydrogen) atoms. The molecular formula is C14H21NO2. The molecule has 0 bridgehead atoms. The second-order valence-electron chi connectivity index (χ2n) is 4.86. The van der Waals surface area contributed by atoms with Crippen molar-refractivity contribution in [1.29, 1.82) is 0 Å². The summed E-state index contributed by atoms with van der Waals surface area (Å²) in [5.74, 6) is 0.642. The van der Waals surface area contributed by atoms with E-state index in [1.165, 1.54) is 0 Å². The monoisotopic (exact) mass is 235 g/mol. The average molecular weight is 235 g/mol. The summed E-state index contributed by atoms with van der Waals surface area (Å²) in [5.41, 5.74) is 1.16. The van der Waals surface area contributed by atoms with Gasteiger partial charge in [-0.05, 0) is 56.2 Å². The van der Waals surface area contributed by atoms with Crippen molar-refractivity contribution in [3.05, 3.63) is 30.1 Å². The maximum atomic E-state index is 9.99. The molecule has 0 saturated heterocycles. The molecule has 2 rings (SSSR count). The van der Waals surface area contributed by atoms with Crippen molar-refractivity contribution in [3.63, 3.8) is 0 Å². The summed E-state index contributed by atoms with van der Waals surface area (Å²) in [4.78, 5) is 3.97. The van der Waals surface area contributed by atoms with Crippen LogP contribution >= 0.6 is 0 Å². The molecule has 0 aromatic carbocycles. The molecule has 0 radical (unpaired) electrons. The van der Waals surface area contributed by atoms with Crippen LogP contribution in [0.2, 0.25) is 0 Å². The number of hydrogen-bond donors (Lipinski definition) is 1. The van der Waals surface area contributed by atoms with E-state index < -0.39 is 0 Å². The van der Waals surface area contributed by atoms with Crippen LogP contribution in [-0.4, -0.2) is 28.9 Å². The zero-order chi connectivity index (χ0) is 12.1. The van der Waals surface area contributed by atoms with Crippen LogP contribution in [0.1, 0.15) is 31.7 Å². The van der Waals surface area contributed by atoms with E-state index in [1.54, 1.807) is 12.4 Å². The highest BCUT2D eigenvalue weighted by molar-refractivity contribution is 5.10. The van der Waals surface area contributed by atoms with E-state index in [1.807, 2.05) is 19.1 Å². The van der Waals surface area contributed by atoms with Gasteiger partial charge in [0.2, 0.25) is 0 Å². The average Bonchev–Trinajstić information content (AvgIpc) is 2.27. The number of ether oxygens (including phenoxy) is 1. The minimum atomic E-state index is -0.232. The van der Waals surface area contributed by atoms with E-state index in [2.05, 4.69) is 4.98 Å². The number of nitrogens with zero attached hydrogens (tertiary/aromatic N) is 1. The number of rotatable bonds is 6. The number of aliphatic hydroxyl groups excluding tert-OH is 1. The van der Waals surface area contributed by atoms with E-state index in [9.17, 15) is 5.11 Å². The molecule has 1 heterocycles. The van der Waals surface area contributed by atoms with E-state index in [0.29, 0.717) is 12.0 Å². The van der Waals surface area contributed by atoms with Gasteiger partial charge in [0.25, 0.3) is 0 Å². The zero-order valence-corrected chi connectivity index (χ0v) is 10.4. The Morgan fingerprint density at radius 1 is 1.41 bits per heavy atom. The van der Waals surface area contributed by atoms with Gasteiger partial charge in [0.15, 0.2) is 0 Å². The molecule has 3 heteroatoms. The number of aliphatic hydroxyl groups is 1. The summed E-state index contributed by atoms with van der Waals surface area (Å²) in [5, 5.41) is 9.99. The fraction of sp³-hybridized carbons (Fsp3) is 0.643. The van der Waals surface area contributed by atoms with Crippen molar-refractivity contribution >= 4 is 0 Å². The Morgan fingerprint density at radius 3 is 2.76 bits per heavy atom. The van der Waals surface area contributed by atoms with Gasteiger partial charge in [-0.3, -0.25) is 4.98 Å². The van der Waals surface area contributed by atoms with Gasteiger partial charge in [-0.15, -0.1) is 0 Å². The highest BCUT2D eigenvalue weighted by Crippen LogP contribution is 2.33. The number of aromatic nitrogens is 1. The Kier molecular flexibility index (Phi) is 4.51. The summed E-state index contributed by atoms with van der Waals surface area (Å²) in [6.45, 7) is 2.84. The zero-order valence-electron chi connectivity index (χ0n) is 10.4. The highest BCUT2D eigenvalue weighted by atomic mass is 16.5. The van der Waals surface area contributed by atoms with Gasteiger partial charge in [-0.2, -0.15) is 0 Å². The highest BCUT2D eigenvalue weighted by Gasteiger charge is 2.30. The third kappa shape index (κ3) is 3.79. The molecule has 1 aromatic heterocycles. The lowest BCUT2D eigenvalue weighted by Gasteiger charge is -2.36. The summed E-state index contributed by atoms with van der Waals surface area (Å²) >= 11 is 0. The van der Waals surface area contributed by atoms with Crippen LogP contribution < -0.4 is 0 Å². The van der Waals surface area contributed by atoms with Crippen LogP contribution in [0.5, 0.6) is 0 Å². The molecule has 1 unspecified atom stereocenters. The first-order valence-electron chi connectivity index (χ1n) is 6.46. The summed E-state index contributed by atoms with van der Waals surface area (Å²) in [6.07, 6.45) is 7.61. The van der Waals surface area contributed by atoms with E-state index in [-0.39, 0.29) is 6.10 Å². The van der Waals surface area contributed by atoms with Crippen molar-refractivity contribution in [2.24, 2.45) is 5.92 Å². The van der Waals surface area contributed by atoms with Gasteiger partial charge in [0.1, 0.15) is 0 Å². The minimum Gasteiger partial charge on any atom is -0.393 e. The first kappa shape index (κ1) is 12.5. The lowest BCUT2D eigenvalue weighted by atomic mass is 9.78. The largest absolute Gasteiger partial charge is 0.393 e. The van der Waals surface area contributed by atoms with Crippen LogP contribution in [0.25, 0.3) is 0 Å². The first-order chi connectivity index (χ1) is 8.28. The maximum Gasteiger partial charge on any atom is 0.0583 e. The number of pyridine rings is 1.